The summed E-state index contributed by atoms with van der Waals surface area (Å²) in [5.74, 6) is 0.363. The van der Waals surface area contributed by atoms with Crippen LogP contribution < -0.4 is 5.73 Å². The zero-order valence-electron chi connectivity index (χ0n) is 8.66. The molecule has 0 fully saturated rings. The number of hydrogen-bond acceptors (Lipinski definition) is 2. The van der Waals surface area contributed by atoms with Crippen LogP contribution >= 0.6 is 0 Å². The molecule has 2 aliphatic carbocycles. The Labute approximate surface area is 89.4 Å². The summed E-state index contributed by atoms with van der Waals surface area (Å²) in [5.41, 5.74) is 11.5. The van der Waals surface area contributed by atoms with E-state index in [0.717, 1.165) is 25.7 Å². The average Bonchev–Trinajstić information content (AvgIpc) is 2.56. The van der Waals surface area contributed by atoms with Gasteiger partial charge in [-0.1, -0.05) is 11.6 Å². The standard InChI is InChI=1S/C13H15NO/c14-10-3-1-8-5-9-2-4-11(15)7-13(9)12(8)6-10/h2,4,7,10,15H,1,3,5-6,14H2/t10-/m1/s1. The molecule has 0 amide bonds. The van der Waals surface area contributed by atoms with Crippen molar-refractivity contribution in [3.8, 4) is 5.75 Å². The van der Waals surface area contributed by atoms with Crippen LogP contribution in [-0.4, -0.2) is 11.1 Å². The molecule has 2 aliphatic rings. The van der Waals surface area contributed by atoms with E-state index in [1.54, 1.807) is 6.07 Å². The molecule has 0 radical (unpaired) electrons. The number of hydrogen-bond donors (Lipinski definition) is 2. The topological polar surface area (TPSA) is 46.2 Å². The van der Waals surface area contributed by atoms with Crippen LogP contribution in [0.1, 0.15) is 30.4 Å². The van der Waals surface area contributed by atoms with E-state index < -0.39 is 0 Å². The van der Waals surface area contributed by atoms with E-state index in [1.807, 2.05) is 12.1 Å². The maximum absolute atomic E-state index is 9.50. The van der Waals surface area contributed by atoms with Crippen molar-refractivity contribution in [1.29, 1.82) is 0 Å². The normalized spacial score (nSPS) is 23.9. The minimum absolute atomic E-state index is 0.303. The smallest absolute Gasteiger partial charge is 0.116 e. The summed E-state index contributed by atoms with van der Waals surface area (Å²) in [5, 5.41) is 9.50. The number of rotatable bonds is 0. The second-order valence-corrected chi connectivity index (χ2v) is 4.60. The average molecular weight is 201 g/mol. The third-order valence-electron chi connectivity index (χ3n) is 3.53. The molecule has 1 aromatic carbocycles. The van der Waals surface area contributed by atoms with Gasteiger partial charge in [0.15, 0.2) is 0 Å². The molecule has 0 saturated heterocycles. The maximum atomic E-state index is 9.50. The van der Waals surface area contributed by atoms with Gasteiger partial charge in [0.1, 0.15) is 5.75 Å². The first-order chi connectivity index (χ1) is 7.24. The highest BCUT2D eigenvalue weighted by Gasteiger charge is 2.26. The van der Waals surface area contributed by atoms with Crippen molar-refractivity contribution in [3.05, 3.63) is 34.9 Å². The Kier molecular flexibility index (Phi) is 1.86. The number of fused-ring (bicyclic) bond motifs is 2. The lowest BCUT2D eigenvalue weighted by atomic mass is 9.89. The molecule has 2 nitrogen and oxygen atoms in total. The predicted octanol–water partition coefficient (Wildman–Crippen LogP) is 2.21. The summed E-state index contributed by atoms with van der Waals surface area (Å²) < 4.78 is 0. The van der Waals surface area contributed by atoms with Crippen molar-refractivity contribution >= 4 is 5.57 Å². The summed E-state index contributed by atoms with van der Waals surface area (Å²) >= 11 is 0. The monoisotopic (exact) mass is 201 g/mol. The van der Waals surface area contributed by atoms with Gasteiger partial charge in [0.25, 0.3) is 0 Å². The number of nitrogens with two attached hydrogens (primary N) is 1. The highest BCUT2D eigenvalue weighted by atomic mass is 16.3. The van der Waals surface area contributed by atoms with Crippen molar-refractivity contribution in [2.45, 2.75) is 31.7 Å². The van der Waals surface area contributed by atoms with Gasteiger partial charge in [-0.25, -0.2) is 0 Å². The number of allylic oxidation sites excluding steroid dienone is 1. The van der Waals surface area contributed by atoms with Crippen LogP contribution in [-0.2, 0) is 6.42 Å². The van der Waals surface area contributed by atoms with Gasteiger partial charge in [-0.15, -0.1) is 0 Å². The van der Waals surface area contributed by atoms with Crippen LogP contribution in [0.3, 0.4) is 0 Å². The van der Waals surface area contributed by atoms with Gasteiger partial charge in [0.2, 0.25) is 0 Å². The Morgan fingerprint density at radius 1 is 1.33 bits per heavy atom. The first-order valence-corrected chi connectivity index (χ1v) is 5.53. The third kappa shape index (κ3) is 1.37. The van der Waals surface area contributed by atoms with Crippen LogP contribution in [0.25, 0.3) is 5.57 Å². The SMILES string of the molecule is N[C@@H]1CCC2=C(C1)c1cc(O)ccc1C2. The lowest BCUT2D eigenvalue weighted by Gasteiger charge is -2.20. The Morgan fingerprint density at radius 2 is 2.20 bits per heavy atom. The highest BCUT2D eigenvalue weighted by molar-refractivity contribution is 5.78. The second kappa shape index (κ2) is 3.11. The molecule has 0 heterocycles. The lowest BCUT2D eigenvalue weighted by Crippen LogP contribution is -2.23. The van der Waals surface area contributed by atoms with E-state index in [2.05, 4.69) is 0 Å². The van der Waals surface area contributed by atoms with Crippen LogP contribution in [0.5, 0.6) is 5.75 Å². The van der Waals surface area contributed by atoms with Gasteiger partial charge in [-0.2, -0.15) is 0 Å². The molecule has 0 unspecified atom stereocenters. The molecule has 0 aromatic heterocycles. The molecule has 0 bridgehead atoms. The molecule has 15 heavy (non-hydrogen) atoms. The van der Waals surface area contributed by atoms with Gasteiger partial charge in [0.05, 0.1) is 0 Å². The number of benzene rings is 1. The van der Waals surface area contributed by atoms with Crippen LogP contribution in [0.4, 0.5) is 0 Å². The second-order valence-electron chi connectivity index (χ2n) is 4.60. The molecular formula is C13H15NO. The fraction of sp³-hybridized carbons (Fsp3) is 0.385. The van der Waals surface area contributed by atoms with E-state index in [9.17, 15) is 5.11 Å². The molecule has 0 aliphatic heterocycles. The zero-order valence-corrected chi connectivity index (χ0v) is 8.66. The van der Waals surface area contributed by atoms with Crippen LogP contribution in [0, 0.1) is 0 Å². The molecule has 0 spiro atoms. The largest absolute Gasteiger partial charge is 0.508 e. The number of aromatic hydroxyl groups is 1. The van der Waals surface area contributed by atoms with Crippen molar-refractivity contribution in [2.75, 3.05) is 0 Å². The quantitative estimate of drug-likeness (QED) is 0.676. The maximum Gasteiger partial charge on any atom is 0.116 e. The number of phenols is 1. The number of phenolic OH excluding ortho intramolecular Hbond substituents is 1. The van der Waals surface area contributed by atoms with Gasteiger partial charge in [-0.05, 0) is 54.5 Å². The Balaban J connectivity index is 2.08. The first-order valence-electron chi connectivity index (χ1n) is 5.53. The van der Waals surface area contributed by atoms with E-state index >= 15 is 0 Å². The van der Waals surface area contributed by atoms with Crippen molar-refractivity contribution < 1.29 is 5.11 Å². The van der Waals surface area contributed by atoms with E-state index in [1.165, 1.54) is 22.3 Å². The predicted molar refractivity (Wildman–Crippen MR) is 60.6 cm³/mol. The van der Waals surface area contributed by atoms with E-state index in [0.29, 0.717) is 11.8 Å². The van der Waals surface area contributed by atoms with Crippen LogP contribution in [0.2, 0.25) is 0 Å². The molecule has 78 valence electrons. The summed E-state index contributed by atoms with van der Waals surface area (Å²) in [6, 6.07) is 6.00. The zero-order chi connectivity index (χ0) is 10.4. The molecule has 3 N–H and O–H groups in total. The van der Waals surface area contributed by atoms with Crippen molar-refractivity contribution in [3.63, 3.8) is 0 Å². The summed E-state index contributed by atoms with van der Waals surface area (Å²) in [6.45, 7) is 0. The summed E-state index contributed by atoms with van der Waals surface area (Å²) in [7, 11) is 0. The van der Waals surface area contributed by atoms with Gasteiger partial charge in [-0.3, -0.25) is 0 Å². The van der Waals surface area contributed by atoms with E-state index in [-0.39, 0.29) is 0 Å². The van der Waals surface area contributed by atoms with Gasteiger partial charge in [0, 0.05) is 6.04 Å². The molecular weight excluding hydrogens is 186 g/mol. The van der Waals surface area contributed by atoms with Gasteiger partial charge < -0.3 is 10.8 Å². The summed E-state index contributed by atoms with van der Waals surface area (Å²) in [6.07, 6.45) is 4.29. The Hall–Kier alpha value is -1.28. The fourth-order valence-electron chi connectivity index (χ4n) is 2.74. The lowest BCUT2D eigenvalue weighted by molar-refractivity contribution is 0.475. The first kappa shape index (κ1) is 8.98. The highest BCUT2D eigenvalue weighted by Crippen LogP contribution is 2.42. The van der Waals surface area contributed by atoms with E-state index in [4.69, 9.17) is 5.73 Å². The summed E-state index contributed by atoms with van der Waals surface area (Å²) in [4.78, 5) is 0. The van der Waals surface area contributed by atoms with Crippen molar-refractivity contribution in [1.82, 2.24) is 0 Å². The molecule has 0 saturated carbocycles. The van der Waals surface area contributed by atoms with Crippen LogP contribution in [0.15, 0.2) is 23.8 Å². The Bertz CT molecular complexity index is 448. The Morgan fingerprint density at radius 3 is 3.07 bits per heavy atom. The minimum atomic E-state index is 0.303. The molecule has 3 rings (SSSR count). The fourth-order valence-corrected chi connectivity index (χ4v) is 2.74. The van der Waals surface area contributed by atoms with Crippen molar-refractivity contribution in [2.24, 2.45) is 5.73 Å². The molecule has 1 atom stereocenters. The molecule has 2 heteroatoms. The minimum Gasteiger partial charge on any atom is -0.508 e. The third-order valence-corrected chi connectivity index (χ3v) is 3.53. The molecule has 1 aromatic rings. The van der Waals surface area contributed by atoms with Gasteiger partial charge >= 0.3 is 0 Å².